The van der Waals surface area contributed by atoms with Crippen molar-refractivity contribution < 1.29 is 4.79 Å². The van der Waals surface area contributed by atoms with E-state index < -0.39 is 0 Å². The van der Waals surface area contributed by atoms with Crippen LogP contribution in [0.4, 0.5) is 0 Å². The van der Waals surface area contributed by atoms with Crippen molar-refractivity contribution in [1.29, 1.82) is 0 Å². The van der Waals surface area contributed by atoms with Crippen LogP contribution < -0.4 is 5.32 Å². The Hall–Kier alpha value is -0.960. The van der Waals surface area contributed by atoms with E-state index in [2.05, 4.69) is 12.2 Å². The Bertz CT molecular complexity index is 502. The summed E-state index contributed by atoms with van der Waals surface area (Å²) in [4.78, 5) is 13.5. The van der Waals surface area contributed by atoms with Crippen LogP contribution in [0.2, 0.25) is 0 Å². The quantitative estimate of drug-likeness (QED) is 0.850. The molecule has 2 saturated carbocycles. The first-order chi connectivity index (χ1) is 9.69. The molecule has 1 aromatic rings. The minimum Gasteiger partial charge on any atom is -0.349 e. The van der Waals surface area contributed by atoms with E-state index in [1.807, 2.05) is 30.5 Å². The van der Waals surface area contributed by atoms with Gasteiger partial charge in [-0.2, -0.15) is 0 Å². The third kappa shape index (κ3) is 2.60. The van der Waals surface area contributed by atoms with Gasteiger partial charge in [0, 0.05) is 10.9 Å². The lowest BCUT2D eigenvalue weighted by Crippen LogP contribution is -2.40. The number of amides is 1. The Kier molecular flexibility index (Phi) is 4.06. The Labute approximate surface area is 125 Å². The Morgan fingerprint density at radius 3 is 2.75 bits per heavy atom. The van der Waals surface area contributed by atoms with Crippen LogP contribution in [0.3, 0.4) is 0 Å². The molecule has 0 heterocycles. The summed E-state index contributed by atoms with van der Waals surface area (Å²) in [6, 6.07) is 8.17. The van der Waals surface area contributed by atoms with Gasteiger partial charge in [-0.1, -0.05) is 18.6 Å². The molecule has 0 aliphatic heterocycles. The molecule has 2 aliphatic rings. The van der Waals surface area contributed by atoms with Crippen molar-refractivity contribution in [2.75, 3.05) is 6.26 Å². The molecule has 2 nitrogen and oxygen atoms in total. The first-order valence-corrected chi connectivity index (χ1v) is 8.85. The molecule has 4 unspecified atom stereocenters. The summed E-state index contributed by atoms with van der Waals surface area (Å²) in [6.45, 7) is 2.19. The Balaban J connectivity index is 1.66. The molecule has 1 aromatic carbocycles. The average molecular weight is 289 g/mol. The van der Waals surface area contributed by atoms with Gasteiger partial charge in [0.15, 0.2) is 0 Å². The summed E-state index contributed by atoms with van der Waals surface area (Å²) >= 11 is 1.63. The monoisotopic (exact) mass is 289 g/mol. The molecular formula is C17H23NOS. The molecule has 2 fully saturated rings. The molecule has 0 saturated heterocycles. The van der Waals surface area contributed by atoms with Gasteiger partial charge in [-0.25, -0.2) is 0 Å². The Morgan fingerprint density at radius 1 is 1.30 bits per heavy atom. The second-order valence-corrected chi connectivity index (χ2v) is 7.15. The molecule has 4 atom stereocenters. The smallest absolute Gasteiger partial charge is 0.252 e. The molecule has 0 radical (unpaired) electrons. The van der Waals surface area contributed by atoms with Crippen LogP contribution in [0.1, 0.15) is 43.0 Å². The minimum atomic E-state index is 0.0882. The highest BCUT2D eigenvalue weighted by molar-refractivity contribution is 7.98. The zero-order valence-electron chi connectivity index (χ0n) is 12.3. The molecule has 0 aromatic heterocycles. The molecule has 2 aliphatic carbocycles. The fourth-order valence-corrected chi connectivity index (χ4v) is 4.73. The maximum atomic E-state index is 12.5. The lowest BCUT2D eigenvalue weighted by Gasteiger charge is -2.28. The van der Waals surface area contributed by atoms with Gasteiger partial charge in [0.1, 0.15) is 0 Å². The van der Waals surface area contributed by atoms with E-state index in [4.69, 9.17) is 0 Å². The first kappa shape index (κ1) is 14.0. The molecule has 3 rings (SSSR count). The molecule has 2 bridgehead atoms. The normalized spacial score (nSPS) is 29.4. The maximum absolute atomic E-state index is 12.5. The van der Waals surface area contributed by atoms with E-state index in [0.717, 1.165) is 22.3 Å². The van der Waals surface area contributed by atoms with Gasteiger partial charge in [-0.15, -0.1) is 11.8 Å². The molecule has 1 amide bonds. The average Bonchev–Trinajstić information content (AvgIpc) is 3.09. The van der Waals surface area contributed by atoms with Gasteiger partial charge < -0.3 is 5.32 Å². The van der Waals surface area contributed by atoms with Crippen LogP contribution >= 0.6 is 11.8 Å². The standard InChI is InChI=1S/C17H23NOS/c1-11(15-10-12-7-8-13(15)9-12)18-17(19)14-5-3-4-6-16(14)20-2/h3-6,11-13,15H,7-10H2,1-2H3,(H,18,19). The highest BCUT2D eigenvalue weighted by Gasteiger charge is 2.42. The minimum absolute atomic E-state index is 0.0882. The van der Waals surface area contributed by atoms with Crippen molar-refractivity contribution in [2.45, 2.75) is 43.5 Å². The lowest BCUT2D eigenvalue weighted by atomic mass is 9.84. The molecule has 20 heavy (non-hydrogen) atoms. The van der Waals surface area contributed by atoms with E-state index >= 15 is 0 Å². The number of benzene rings is 1. The van der Waals surface area contributed by atoms with Gasteiger partial charge in [0.2, 0.25) is 0 Å². The second-order valence-electron chi connectivity index (χ2n) is 6.30. The number of nitrogens with one attached hydrogen (secondary N) is 1. The molecule has 0 spiro atoms. The summed E-state index contributed by atoms with van der Waals surface area (Å²) in [5.74, 6) is 2.57. The van der Waals surface area contributed by atoms with E-state index in [-0.39, 0.29) is 5.91 Å². The highest BCUT2D eigenvalue weighted by Crippen LogP contribution is 2.49. The van der Waals surface area contributed by atoms with Crippen LogP contribution in [0.15, 0.2) is 29.2 Å². The number of rotatable bonds is 4. The zero-order chi connectivity index (χ0) is 14.1. The molecular weight excluding hydrogens is 266 g/mol. The number of fused-ring (bicyclic) bond motifs is 2. The van der Waals surface area contributed by atoms with Crippen LogP contribution in [-0.2, 0) is 0 Å². The van der Waals surface area contributed by atoms with Crippen molar-refractivity contribution in [1.82, 2.24) is 5.32 Å². The number of hydrogen-bond donors (Lipinski definition) is 1. The van der Waals surface area contributed by atoms with Gasteiger partial charge in [0.25, 0.3) is 5.91 Å². The fraction of sp³-hybridized carbons (Fsp3) is 0.588. The summed E-state index contributed by atoms with van der Waals surface area (Å²) < 4.78 is 0. The number of carbonyl (C=O) groups is 1. The Morgan fingerprint density at radius 2 is 2.10 bits per heavy atom. The third-order valence-electron chi connectivity index (χ3n) is 5.15. The fourth-order valence-electron chi connectivity index (χ4n) is 4.13. The predicted octanol–water partition coefficient (Wildman–Crippen LogP) is 3.96. The number of thioether (sulfide) groups is 1. The highest BCUT2D eigenvalue weighted by atomic mass is 32.2. The second kappa shape index (κ2) is 5.80. The summed E-state index contributed by atoms with van der Waals surface area (Å²) in [5, 5.41) is 3.25. The summed E-state index contributed by atoms with van der Waals surface area (Å²) in [7, 11) is 0. The van der Waals surface area contributed by atoms with Crippen LogP contribution in [0, 0.1) is 17.8 Å². The van der Waals surface area contributed by atoms with Gasteiger partial charge in [0.05, 0.1) is 5.56 Å². The first-order valence-electron chi connectivity index (χ1n) is 7.63. The number of hydrogen-bond acceptors (Lipinski definition) is 2. The van der Waals surface area contributed by atoms with Crippen molar-refractivity contribution in [3.8, 4) is 0 Å². The number of carbonyl (C=O) groups excluding carboxylic acids is 1. The van der Waals surface area contributed by atoms with E-state index in [9.17, 15) is 4.79 Å². The van der Waals surface area contributed by atoms with Gasteiger partial charge >= 0.3 is 0 Å². The van der Waals surface area contributed by atoms with Gasteiger partial charge in [-0.3, -0.25) is 4.79 Å². The van der Waals surface area contributed by atoms with Gasteiger partial charge in [-0.05, 0) is 62.3 Å². The van der Waals surface area contributed by atoms with E-state index in [0.29, 0.717) is 12.0 Å². The van der Waals surface area contributed by atoms with Crippen molar-refractivity contribution >= 4 is 17.7 Å². The zero-order valence-corrected chi connectivity index (χ0v) is 13.1. The lowest BCUT2D eigenvalue weighted by molar-refractivity contribution is 0.0912. The van der Waals surface area contributed by atoms with Crippen LogP contribution in [0.5, 0.6) is 0 Å². The van der Waals surface area contributed by atoms with E-state index in [1.54, 1.807) is 11.8 Å². The van der Waals surface area contributed by atoms with E-state index in [1.165, 1.54) is 25.7 Å². The predicted molar refractivity (Wildman–Crippen MR) is 84.1 cm³/mol. The molecule has 3 heteroatoms. The molecule has 108 valence electrons. The SMILES string of the molecule is CSc1ccccc1C(=O)NC(C)C1CC2CCC1C2. The maximum Gasteiger partial charge on any atom is 0.252 e. The van der Waals surface area contributed by atoms with Crippen molar-refractivity contribution in [3.05, 3.63) is 29.8 Å². The third-order valence-corrected chi connectivity index (χ3v) is 5.94. The van der Waals surface area contributed by atoms with Crippen molar-refractivity contribution in [3.63, 3.8) is 0 Å². The van der Waals surface area contributed by atoms with Crippen molar-refractivity contribution in [2.24, 2.45) is 17.8 Å². The largest absolute Gasteiger partial charge is 0.349 e. The van der Waals surface area contributed by atoms with Crippen LogP contribution in [-0.4, -0.2) is 18.2 Å². The topological polar surface area (TPSA) is 29.1 Å². The molecule has 1 N–H and O–H groups in total. The van der Waals surface area contributed by atoms with Crippen LogP contribution in [0.25, 0.3) is 0 Å². The summed E-state index contributed by atoms with van der Waals surface area (Å²) in [6.07, 6.45) is 7.52. The summed E-state index contributed by atoms with van der Waals surface area (Å²) in [5.41, 5.74) is 0.815.